The molecule has 1 aromatic rings. The summed E-state index contributed by atoms with van der Waals surface area (Å²) < 4.78 is 5.78. The fourth-order valence-corrected chi connectivity index (χ4v) is 5.40. The molecule has 1 aliphatic heterocycles. The quantitative estimate of drug-likeness (QED) is 0.735. The van der Waals surface area contributed by atoms with Gasteiger partial charge in [0.2, 0.25) is 0 Å². The SMILES string of the molecule is O[P+](O)(C=C1CN[C@H](c2ccccc2)CO1)CC1CCCCC1. The predicted molar refractivity (Wildman–Crippen MR) is 94.0 cm³/mol. The van der Waals surface area contributed by atoms with Crippen molar-refractivity contribution in [3.05, 3.63) is 47.5 Å². The molecule has 1 atom stereocenters. The van der Waals surface area contributed by atoms with Crippen LogP contribution in [-0.2, 0) is 4.74 Å². The summed E-state index contributed by atoms with van der Waals surface area (Å²) in [5, 5.41) is 3.41. The highest BCUT2D eigenvalue weighted by atomic mass is 31.2. The molecule has 0 spiro atoms. The second kappa shape index (κ2) is 7.76. The van der Waals surface area contributed by atoms with Crippen LogP contribution in [0.1, 0.15) is 43.7 Å². The third kappa shape index (κ3) is 5.02. The number of nitrogens with one attached hydrogen (secondary N) is 1. The van der Waals surface area contributed by atoms with Crippen molar-refractivity contribution in [3.63, 3.8) is 0 Å². The van der Waals surface area contributed by atoms with Crippen LogP contribution in [0.25, 0.3) is 0 Å². The van der Waals surface area contributed by atoms with Gasteiger partial charge >= 0.3 is 0 Å². The highest BCUT2D eigenvalue weighted by molar-refractivity contribution is 7.67. The molecular formula is C18H27NO3P+. The van der Waals surface area contributed by atoms with Crippen LogP contribution in [0.3, 0.4) is 0 Å². The maximum atomic E-state index is 10.4. The van der Waals surface area contributed by atoms with Crippen LogP contribution in [-0.4, -0.2) is 29.1 Å². The molecule has 0 amide bonds. The van der Waals surface area contributed by atoms with Gasteiger partial charge in [0.15, 0.2) is 5.82 Å². The molecule has 1 aliphatic carbocycles. The summed E-state index contributed by atoms with van der Waals surface area (Å²) in [7, 11) is -3.00. The summed E-state index contributed by atoms with van der Waals surface area (Å²) in [4.78, 5) is 20.8. The van der Waals surface area contributed by atoms with E-state index in [2.05, 4.69) is 17.4 Å². The van der Waals surface area contributed by atoms with Gasteiger partial charge in [-0.3, -0.25) is 5.32 Å². The Morgan fingerprint density at radius 3 is 2.52 bits per heavy atom. The first-order valence-electron chi connectivity index (χ1n) is 8.58. The van der Waals surface area contributed by atoms with Crippen molar-refractivity contribution < 1.29 is 14.5 Å². The fourth-order valence-electron chi connectivity index (χ4n) is 3.54. The number of rotatable bonds is 4. The summed E-state index contributed by atoms with van der Waals surface area (Å²) in [5.74, 6) is 2.72. The molecular weight excluding hydrogens is 309 g/mol. The predicted octanol–water partition coefficient (Wildman–Crippen LogP) is 3.60. The van der Waals surface area contributed by atoms with Gasteiger partial charge in [-0.15, -0.1) is 0 Å². The zero-order valence-electron chi connectivity index (χ0n) is 13.5. The minimum absolute atomic E-state index is 0.164. The second-order valence-electron chi connectivity index (χ2n) is 6.72. The van der Waals surface area contributed by atoms with E-state index in [1.807, 2.05) is 18.2 Å². The van der Waals surface area contributed by atoms with Gasteiger partial charge in [-0.05, 0) is 24.3 Å². The van der Waals surface area contributed by atoms with Crippen LogP contribution in [0.2, 0.25) is 0 Å². The summed E-state index contributed by atoms with van der Waals surface area (Å²) in [6, 6.07) is 10.4. The lowest BCUT2D eigenvalue weighted by Crippen LogP contribution is -2.33. The Kier molecular flexibility index (Phi) is 5.71. The van der Waals surface area contributed by atoms with Crippen LogP contribution in [0.4, 0.5) is 0 Å². The summed E-state index contributed by atoms with van der Waals surface area (Å²) in [5.41, 5.74) is 1.20. The van der Waals surface area contributed by atoms with E-state index >= 15 is 0 Å². The molecule has 1 saturated heterocycles. The van der Waals surface area contributed by atoms with Crippen molar-refractivity contribution in [3.8, 4) is 0 Å². The Labute approximate surface area is 139 Å². The Hall–Kier alpha value is -0.930. The van der Waals surface area contributed by atoms with Crippen LogP contribution in [0.5, 0.6) is 0 Å². The zero-order valence-corrected chi connectivity index (χ0v) is 14.4. The Bertz CT molecular complexity index is 516. The van der Waals surface area contributed by atoms with E-state index in [0.29, 0.717) is 31.0 Å². The molecule has 0 aromatic heterocycles. The first kappa shape index (κ1) is 16.9. The third-order valence-corrected chi connectivity index (χ3v) is 6.52. The van der Waals surface area contributed by atoms with Gasteiger partial charge in [0, 0.05) is 0 Å². The van der Waals surface area contributed by atoms with Crippen LogP contribution >= 0.6 is 7.72 Å². The van der Waals surface area contributed by atoms with E-state index < -0.39 is 7.72 Å². The lowest BCUT2D eigenvalue weighted by Gasteiger charge is -2.27. The number of morpholine rings is 1. The van der Waals surface area contributed by atoms with Gasteiger partial charge in [0.1, 0.15) is 18.5 Å². The molecule has 1 aromatic carbocycles. The molecule has 1 saturated carbocycles. The summed E-state index contributed by atoms with van der Waals surface area (Å²) >= 11 is 0. The second-order valence-corrected chi connectivity index (χ2v) is 8.92. The van der Waals surface area contributed by atoms with Gasteiger partial charge in [-0.25, -0.2) is 9.79 Å². The third-order valence-electron chi connectivity index (χ3n) is 4.76. The maximum absolute atomic E-state index is 10.4. The standard InChI is InChI=1S/C18H27NO3P/c20-23(21,13-15-7-3-1-4-8-15)14-17-11-19-18(12-22-17)16-9-5-2-6-10-16/h2,5-6,9-10,14-15,18-21H,1,3-4,7-8,11-13H2/q+1/t18-/m0/s1. The van der Waals surface area contributed by atoms with Gasteiger partial charge in [0.05, 0.1) is 12.6 Å². The normalized spacial score (nSPS) is 25.3. The average molecular weight is 336 g/mol. The molecule has 2 aliphatic rings. The number of hydrogen-bond acceptors (Lipinski definition) is 4. The van der Waals surface area contributed by atoms with Gasteiger partial charge in [0.25, 0.3) is 7.72 Å². The van der Waals surface area contributed by atoms with Gasteiger partial charge in [-0.2, -0.15) is 0 Å². The fraction of sp³-hybridized carbons (Fsp3) is 0.556. The molecule has 5 heteroatoms. The molecule has 3 N–H and O–H groups in total. The van der Waals surface area contributed by atoms with E-state index in [4.69, 9.17) is 4.74 Å². The van der Waals surface area contributed by atoms with E-state index in [1.165, 1.54) is 24.8 Å². The molecule has 23 heavy (non-hydrogen) atoms. The summed E-state index contributed by atoms with van der Waals surface area (Å²) in [6.07, 6.45) is 6.49. The molecule has 3 rings (SSSR count). The van der Waals surface area contributed by atoms with Crippen LogP contribution in [0, 0.1) is 5.92 Å². The largest absolute Gasteiger partial charge is 0.491 e. The smallest absolute Gasteiger partial charge is 0.296 e. The lowest BCUT2D eigenvalue weighted by atomic mass is 9.91. The number of ether oxygens (including phenoxy) is 1. The zero-order chi connectivity index (χ0) is 16.1. The van der Waals surface area contributed by atoms with Crippen molar-refractivity contribution in [2.24, 2.45) is 5.92 Å². The Balaban J connectivity index is 1.54. The lowest BCUT2D eigenvalue weighted by molar-refractivity contribution is 0.139. The molecule has 0 radical (unpaired) electrons. The van der Waals surface area contributed by atoms with E-state index in [0.717, 1.165) is 12.8 Å². The average Bonchev–Trinajstić information content (AvgIpc) is 2.56. The number of benzene rings is 1. The maximum Gasteiger partial charge on any atom is 0.296 e. The van der Waals surface area contributed by atoms with Gasteiger partial charge < -0.3 is 4.74 Å². The topological polar surface area (TPSA) is 61.7 Å². The highest BCUT2D eigenvalue weighted by Gasteiger charge is 2.37. The van der Waals surface area contributed by atoms with Crippen LogP contribution < -0.4 is 5.32 Å². The van der Waals surface area contributed by atoms with Crippen molar-refractivity contribution in [1.82, 2.24) is 5.32 Å². The van der Waals surface area contributed by atoms with E-state index in [1.54, 1.807) is 5.82 Å². The Morgan fingerprint density at radius 2 is 1.87 bits per heavy atom. The van der Waals surface area contributed by atoms with Crippen LogP contribution in [0.15, 0.2) is 41.9 Å². The van der Waals surface area contributed by atoms with Gasteiger partial charge in [-0.1, -0.05) is 49.6 Å². The monoisotopic (exact) mass is 336 g/mol. The molecule has 1 heterocycles. The Morgan fingerprint density at radius 1 is 1.13 bits per heavy atom. The minimum atomic E-state index is -3.00. The first-order chi connectivity index (χ1) is 11.1. The molecule has 4 nitrogen and oxygen atoms in total. The summed E-state index contributed by atoms with van der Waals surface area (Å²) in [6.45, 7) is 1.08. The molecule has 126 valence electrons. The van der Waals surface area contributed by atoms with Crippen molar-refractivity contribution >= 4 is 7.72 Å². The van der Waals surface area contributed by atoms with Crippen molar-refractivity contribution in [1.29, 1.82) is 0 Å². The molecule has 0 bridgehead atoms. The van der Waals surface area contributed by atoms with E-state index in [9.17, 15) is 9.79 Å². The number of hydrogen-bond donors (Lipinski definition) is 3. The molecule has 0 unspecified atom stereocenters. The van der Waals surface area contributed by atoms with E-state index in [-0.39, 0.29) is 6.04 Å². The van der Waals surface area contributed by atoms with Crippen molar-refractivity contribution in [2.45, 2.75) is 38.1 Å². The molecule has 2 fully saturated rings. The van der Waals surface area contributed by atoms with Crippen molar-refractivity contribution in [2.75, 3.05) is 19.3 Å². The minimum Gasteiger partial charge on any atom is -0.491 e. The highest BCUT2D eigenvalue weighted by Crippen LogP contribution is 2.55. The first-order valence-corrected chi connectivity index (χ1v) is 10.5.